The monoisotopic (exact) mass is 474 g/mol. The number of anilines is 2. The van der Waals surface area contributed by atoms with Gasteiger partial charge in [-0.05, 0) is 49.7 Å². The summed E-state index contributed by atoms with van der Waals surface area (Å²) in [6, 6.07) is 6.52. The maximum Gasteiger partial charge on any atom is 0.416 e. The first-order chi connectivity index (χ1) is 16.0. The lowest BCUT2D eigenvalue weighted by Crippen LogP contribution is -2.21. The number of aliphatic hydroxyl groups excluding tert-OH is 1. The summed E-state index contributed by atoms with van der Waals surface area (Å²) in [5.74, 6) is -1.71. The van der Waals surface area contributed by atoms with Crippen LogP contribution in [0.25, 0.3) is 16.7 Å². The second-order valence-corrected chi connectivity index (χ2v) is 7.64. The molecule has 0 saturated heterocycles. The van der Waals surface area contributed by atoms with Crippen molar-refractivity contribution < 1.29 is 27.5 Å². The number of aliphatic hydroxyl groups is 1. The number of amides is 1. The first-order valence-electron chi connectivity index (χ1n) is 9.89. The molecule has 12 heteroatoms. The lowest BCUT2D eigenvalue weighted by atomic mass is 10.0. The maximum absolute atomic E-state index is 14.9. The van der Waals surface area contributed by atoms with E-state index in [1.807, 2.05) is 0 Å². The number of nitrogens with two attached hydrogens (primary N) is 1. The third kappa shape index (κ3) is 4.27. The highest BCUT2D eigenvalue weighted by Gasteiger charge is 2.32. The van der Waals surface area contributed by atoms with E-state index in [1.165, 1.54) is 36.1 Å². The summed E-state index contributed by atoms with van der Waals surface area (Å²) in [5, 5.41) is 16.9. The Morgan fingerprint density at radius 3 is 2.56 bits per heavy atom. The van der Waals surface area contributed by atoms with Crippen LogP contribution in [-0.4, -0.2) is 30.8 Å². The second kappa shape index (κ2) is 8.37. The summed E-state index contributed by atoms with van der Waals surface area (Å²) in [5.41, 5.74) is 6.13. The van der Waals surface area contributed by atoms with E-state index in [4.69, 9.17) is 5.73 Å². The average Bonchev–Trinajstić information content (AvgIpc) is 3.10. The zero-order valence-corrected chi connectivity index (χ0v) is 17.9. The van der Waals surface area contributed by atoms with Gasteiger partial charge in [-0.1, -0.05) is 11.6 Å². The van der Waals surface area contributed by atoms with Crippen LogP contribution in [0.15, 0.2) is 42.7 Å². The Kier molecular flexibility index (Phi) is 5.69. The molecule has 34 heavy (non-hydrogen) atoms. The molecule has 2 aromatic heterocycles. The number of nitrogen functional groups attached to an aromatic ring is 1. The van der Waals surface area contributed by atoms with Crippen molar-refractivity contribution in [2.45, 2.75) is 26.1 Å². The minimum Gasteiger partial charge on any atom is -0.382 e. The Labute approximate surface area is 190 Å². The number of aryl methyl sites for hydroxylation is 2. The summed E-state index contributed by atoms with van der Waals surface area (Å²) >= 11 is 0. The van der Waals surface area contributed by atoms with Crippen molar-refractivity contribution in [1.82, 2.24) is 19.7 Å². The molecule has 1 amide bonds. The minimum atomic E-state index is -4.64. The van der Waals surface area contributed by atoms with E-state index in [1.54, 1.807) is 6.92 Å². The fourth-order valence-corrected chi connectivity index (χ4v) is 3.54. The number of rotatable bonds is 4. The number of fused-ring (bicyclic) bond motifs is 1. The number of carbonyl (C=O) groups excluding carboxylic acids is 1. The predicted molar refractivity (Wildman–Crippen MR) is 116 cm³/mol. The fourth-order valence-electron chi connectivity index (χ4n) is 3.54. The van der Waals surface area contributed by atoms with E-state index in [0.717, 1.165) is 12.1 Å². The van der Waals surface area contributed by atoms with Crippen molar-refractivity contribution in [3.05, 3.63) is 70.9 Å². The Bertz CT molecular complexity index is 1420. The summed E-state index contributed by atoms with van der Waals surface area (Å²) in [7, 11) is 0. The summed E-state index contributed by atoms with van der Waals surface area (Å²) in [6.07, 6.45) is -5.28. The van der Waals surface area contributed by atoms with E-state index < -0.39 is 29.6 Å². The van der Waals surface area contributed by atoms with Gasteiger partial charge in [0.15, 0.2) is 17.7 Å². The third-order valence-corrected chi connectivity index (χ3v) is 5.09. The van der Waals surface area contributed by atoms with Gasteiger partial charge in [0.2, 0.25) is 0 Å². The van der Waals surface area contributed by atoms with E-state index >= 15 is 0 Å². The van der Waals surface area contributed by atoms with E-state index in [-0.39, 0.29) is 28.3 Å². The van der Waals surface area contributed by atoms with Gasteiger partial charge in [-0.25, -0.2) is 19.0 Å². The van der Waals surface area contributed by atoms with Crippen LogP contribution >= 0.6 is 0 Å². The van der Waals surface area contributed by atoms with Gasteiger partial charge >= 0.3 is 6.18 Å². The second-order valence-electron chi connectivity index (χ2n) is 7.64. The van der Waals surface area contributed by atoms with Crippen molar-refractivity contribution in [2.24, 2.45) is 0 Å². The van der Waals surface area contributed by atoms with E-state index in [2.05, 4.69) is 20.4 Å². The molecule has 0 bridgehead atoms. The summed E-state index contributed by atoms with van der Waals surface area (Å²) in [6.45, 7) is 3.09. The highest BCUT2D eigenvalue weighted by molar-refractivity contribution is 5.95. The summed E-state index contributed by atoms with van der Waals surface area (Å²) < 4.78 is 55.3. The van der Waals surface area contributed by atoms with Gasteiger partial charge in [0.25, 0.3) is 5.91 Å². The number of benzene rings is 2. The maximum atomic E-state index is 14.9. The molecule has 0 aliphatic carbocycles. The van der Waals surface area contributed by atoms with Crippen LogP contribution < -0.4 is 11.1 Å². The van der Waals surface area contributed by atoms with Crippen LogP contribution in [0.4, 0.5) is 29.1 Å². The van der Waals surface area contributed by atoms with Crippen LogP contribution in [-0.2, 0) is 11.0 Å². The molecule has 8 nitrogen and oxygen atoms in total. The molecule has 176 valence electrons. The highest BCUT2D eigenvalue weighted by atomic mass is 19.4. The lowest BCUT2D eigenvalue weighted by molar-refractivity contribution is -0.138. The molecule has 1 unspecified atom stereocenters. The van der Waals surface area contributed by atoms with Crippen LogP contribution in [0.1, 0.15) is 28.5 Å². The van der Waals surface area contributed by atoms with Gasteiger partial charge in [-0.3, -0.25) is 4.79 Å². The van der Waals surface area contributed by atoms with Gasteiger partial charge in [-0.2, -0.15) is 18.3 Å². The topological polar surface area (TPSA) is 119 Å². The van der Waals surface area contributed by atoms with Gasteiger partial charge in [0, 0.05) is 5.69 Å². The normalized spacial score (nSPS) is 12.7. The smallest absolute Gasteiger partial charge is 0.382 e. The van der Waals surface area contributed by atoms with E-state index in [9.17, 15) is 27.5 Å². The molecule has 4 N–H and O–H groups in total. The number of nitrogens with one attached hydrogen (secondary N) is 1. The average molecular weight is 474 g/mol. The predicted octanol–water partition coefficient (Wildman–Crippen LogP) is 3.84. The zero-order chi connectivity index (χ0) is 24.8. The SMILES string of the molecule is Cc1cc(C(O)C(=O)Nc2ccc(-n3nc(C)c4ncnc(N)c43)c(F)c2)cc(C(F)(F)F)c1. The van der Waals surface area contributed by atoms with Gasteiger partial charge in [0.05, 0.1) is 11.3 Å². The molecule has 0 aliphatic heterocycles. The molecule has 0 spiro atoms. The van der Waals surface area contributed by atoms with Crippen molar-refractivity contribution in [1.29, 1.82) is 0 Å². The molecule has 4 rings (SSSR count). The number of carbonyl (C=O) groups is 1. The largest absolute Gasteiger partial charge is 0.416 e. The number of hydrogen-bond donors (Lipinski definition) is 3. The van der Waals surface area contributed by atoms with Gasteiger partial charge in [-0.15, -0.1) is 0 Å². The zero-order valence-electron chi connectivity index (χ0n) is 17.9. The van der Waals surface area contributed by atoms with E-state index in [0.29, 0.717) is 22.8 Å². The van der Waals surface area contributed by atoms with Crippen LogP contribution in [0.5, 0.6) is 0 Å². The number of alkyl halides is 3. The third-order valence-electron chi connectivity index (χ3n) is 5.09. The van der Waals surface area contributed by atoms with Gasteiger partial charge in [0.1, 0.15) is 23.0 Å². The summed E-state index contributed by atoms with van der Waals surface area (Å²) in [4.78, 5) is 20.5. The number of nitrogens with zero attached hydrogens (tertiary/aromatic N) is 4. The number of halogens is 4. The molecule has 2 aromatic carbocycles. The molecule has 4 aromatic rings. The fraction of sp³-hybridized carbons (Fsp3) is 0.182. The molecule has 0 saturated carbocycles. The van der Waals surface area contributed by atoms with Crippen LogP contribution in [0.2, 0.25) is 0 Å². The van der Waals surface area contributed by atoms with Crippen molar-refractivity contribution >= 4 is 28.4 Å². The van der Waals surface area contributed by atoms with Crippen molar-refractivity contribution in [2.75, 3.05) is 11.1 Å². The Morgan fingerprint density at radius 2 is 1.88 bits per heavy atom. The Balaban J connectivity index is 1.61. The number of hydrogen-bond acceptors (Lipinski definition) is 6. The lowest BCUT2D eigenvalue weighted by Gasteiger charge is -2.15. The quantitative estimate of drug-likeness (QED) is 0.387. The molecule has 1 atom stereocenters. The standard InChI is InChI=1S/C22H18F4N6O2/c1-10-5-12(7-13(6-10)22(24,25)26)19(33)21(34)30-14-3-4-16(15(23)8-14)32-18-17(11(2)31-32)28-9-29-20(18)27/h3-9,19,33H,1-2H3,(H,30,34)(H2,27,28,29). The molecule has 0 radical (unpaired) electrons. The van der Waals surface area contributed by atoms with Gasteiger partial charge < -0.3 is 16.2 Å². The first-order valence-corrected chi connectivity index (χ1v) is 9.89. The van der Waals surface area contributed by atoms with Crippen LogP contribution in [0, 0.1) is 19.7 Å². The Morgan fingerprint density at radius 1 is 1.15 bits per heavy atom. The molecule has 2 heterocycles. The minimum absolute atomic E-state index is 0.00616. The Hall–Kier alpha value is -4.06. The molecular formula is C22H18F4N6O2. The molecular weight excluding hydrogens is 456 g/mol. The highest BCUT2D eigenvalue weighted by Crippen LogP contribution is 2.32. The van der Waals surface area contributed by atoms with Crippen LogP contribution in [0.3, 0.4) is 0 Å². The molecule has 0 fully saturated rings. The number of aromatic nitrogens is 4. The first kappa shape index (κ1) is 23.1. The van der Waals surface area contributed by atoms with Crippen molar-refractivity contribution in [3.63, 3.8) is 0 Å². The molecule has 0 aliphatic rings. The van der Waals surface area contributed by atoms with Crippen molar-refractivity contribution in [3.8, 4) is 5.69 Å².